The maximum atomic E-state index is 6.32. The maximum absolute atomic E-state index is 6.32. The quantitative estimate of drug-likeness (QED) is 0.621. The highest BCUT2D eigenvalue weighted by atomic mass is 35.5. The molecule has 0 aliphatic heterocycles. The second kappa shape index (κ2) is 5.76. The minimum Gasteiger partial charge on any atom is -0.497 e. The van der Waals surface area contributed by atoms with Crippen molar-refractivity contribution in [2.75, 3.05) is 7.11 Å². The Morgan fingerprint density at radius 1 is 1.14 bits per heavy atom. The number of hydrogen-bond acceptors (Lipinski definition) is 2. The van der Waals surface area contributed by atoms with Crippen molar-refractivity contribution in [3.05, 3.63) is 52.3 Å². The van der Waals surface area contributed by atoms with Crippen LogP contribution in [0.25, 0.3) is 16.7 Å². The minimum absolute atomic E-state index is 0.249. The van der Waals surface area contributed by atoms with Crippen molar-refractivity contribution in [1.29, 1.82) is 0 Å². The predicted octanol–water partition coefficient (Wildman–Crippen LogP) is 5.08. The van der Waals surface area contributed by atoms with Crippen LogP contribution in [0.4, 0.5) is 0 Å². The lowest BCUT2D eigenvalue weighted by atomic mass is 10.2. The highest BCUT2D eigenvalue weighted by Gasteiger charge is 2.17. The molecule has 0 amide bonds. The first-order valence-corrected chi connectivity index (χ1v) is 7.50. The van der Waals surface area contributed by atoms with Crippen molar-refractivity contribution < 1.29 is 4.74 Å². The third kappa shape index (κ3) is 2.46. The molecular weight excluding hydrogens is 331 g/mol. The van der Waals surface area contributed by atoms with Crippen LogP contribution in [0.1, 0.15) is 5.82 Å². The molecule has 0 bridgehead atoms. The van der Waals surface area contributed by atoms with Crippen molar-refractivity contribution >= 4 is 45.8 Å². The molecule has 0 N–H and O–H groups in total. The second-order valence-corrected chi connectivity index (χ2v) is 5.50. The lowest BCUT2D eigenvalue weighted by Gasteiger charge is -2.12. The van der Waals surface area contributed by atoms with Gasteiger partial charge in [0.25, 0.3) is 0 Å². The van der Waals surface area contributed by atoms with Crippen LogP contribution in [0, 0.1) is 0 Å². The molecule has 2 aromatic carbocycles. The summed E-state index contributed by atoms with van der Waals surface area (Å²) in [6, 6.07) is 11.0. The molecule has 0 aliphatic rings. The van der Waals surface area contributed by atoms with Gasteiger partial charge in [-0.15, -0.1) is 11.6 Å². The topological polar surface area (TPSA) is 27.1 Å². The van der Waals surface area contributed by atoms with E-state index in [-0.39, 0.29) is 5.88 Å². The standard InChI is InChI=1S/C15H11Cl3N2O/c1-21-9-5-6-12-13(7-9)20(14(8-16)19-12)15-10(17)3-2-4-11(15)18/h2-7H,8H2,1H3. The van der Waals surface area contributed by atoms with Gasteiger partial charge >= 0.3 is 0 Å². The Balaban J connectivity index is 2.39. The van der Waals surface area contributed by atoms with Gasteiger partial charge in [0.2, 0.25) is 0 Å². The molecule has 1 aromatic heterocycles. The predicted molar refractivity (Wildman–Crippen MR) is 87.2 cm³/mol. The first-order valence-electron chi connectivity index (χ1n) is 6.21. The molecule has 3 rings (SSSR count). The first-order chi connectivity index (χ1) is 10.2. The van der Waals surface area contributed by atoms with Crippen molar-refractivity contribution in [3.8, 4) is 11.4 Å². The Bertz CT molecular complexity index is 794. The van der Waals surface area contributed by atoms with E-state index < -0.39 is 0 Å². The number of methoxy groups -OCH3 is 1. The van der Waals surface area contributed by atoms with E-state index in [0.29, 0.717) is 21.6 Å². The summed E-state index contributed by atoms with van der Waals surface area (Å²) >= 11 is 18.7. The summed E-state index contributed by atoms with van der Waals surface area (Å²) in [6.45, 7) is 0. The Kier molecular flexibility index (Phi) is 3.98. The van der Waals surface area contributed by atoms with Crippen molar-refractivity contribution in [2.24, 2.45) is 0 Å². The van der Waals surface area contributed by atoms with Gasteiger partial charge in [0, 0.05) is 6.07 Å². The number of halogens is 3. The number of ether oxygens (including phenoxy) is 1. The Morgan fingerprint density at radius 2 is 1.86 bits per heavy atom. The van der Waals surface area contributed by atoms with Gasteiger partial charge in [-0.1, -0.05) is 29.3 Å². The summed E-state index contributed by atoms with van der Waals surface area (Å²) in [4.78, 5) is 4.52. The van der Waals surface area contributed by atoms with Crippen LogP contribution in [0.15, 0.2) is 36.4 Å². The van der Waals surface area contributed by atoms with Gasteiger partial charge in [0.05, 0.1) is 39.8 Å². The lowest BCUT2D eigenvalue weighted by Crippen LogP contribution is -2.01. The number of nitrogens with zero attached hydrogens (tertiary/aromatic N) is 2. The molecule has 6 heteroatoms. The number of hydrogen-bond donors (Lipinski definition) is 0. The SMILES string of the molecule is COc1ccc2nc(CCl)n(-c3c(Cl)cccc3Cl)c2c1. The average molecular weight is 342 g/mol. The number of fused-ring (bicyclic) bond motifs is 1. The molecule has 0 atom stereocenters. The fraction of sp³-hybridized carbons (Fsp3) is 0.133. The molecule has 3 nitrogen and oxygen atoms in total. The molecule has 0 saturated carbocycles. The van der Waals surface area contributed by atoms with Crippen molar-refractivity contribution in [3.63, 3.8) is 0 Å². The minimum atomic E-state index is 0.249. The summed E-state index contributed by atoms with van der Waals surface area (Å²) in [5, 5.41) is 1.08. The molecule has 0 aliphatic carbocycles. The lowest BCUT2D eigenvalue weighted by molar-refractivity contribution is 0.415. The van der Waals surface area contributed by atoms with Crippen LogP contribution < -0.4 is 4.74 Å². The number of alkyl halides is 1. The van der Waals surface area contributed by atoms with Crippen LogP contribution in [0.5, 0.6) is 5.75 Å². The molecule has 0 fully saturated rings. The molecule has 0 spiro atoms. The molecule has 3 aromatic rings. The van der Waals surface area contributed by atoms with E-state index in [9.17, 15) is 0 Å². The summed E-state index contributed by atoms with van der Waals surface area (Å²) < 4.78 is 7.15. The number of rotatable bonds is 3. The summed E-state index contributed by atoms with van der Waals surface area (Å²) in [5.41, 5.74) is 2.33. The van der Waals surface area contributed by atoms with E-state index in [1.54, 1.807) is 25.3 Å². The van der Waals surface area contributed by atoms with Gasteiger partial charge in [0.15, 0.2) is 0 Å². The molecule has 21 heavy (non-hydrogen) atoms. The van der Waals surface area contributed by atoms with Crippen LogP contribution in [-0.2, 0) is 5.88 Å². The Morgan fingerprint density at radius 3 is 2.48 bits per heavy atom. The third-order valence-corrected chi connectivity index (χ3v) is 4.06. The smallest absolute Gasteiger partial charge is 0.129 e. The maximum Gasteiger partial charge on any atom is 0.129 e. The van der Waals surface area contributed by atoms with Gasteiger partial charge in [0.1, 0.15) is 11.6 Å². The fourth-order valence-electron chi connectivity index (χ4n) is 2.27. The summed E-state index contributed by atoms with van der Waals surface area (Å²) in [6.07, 6.45) is 0. The summed E-state index contributed by atoms with van der Waals surface area (Å²) in [7, 11) is 1.62. The number of benzene rings is 2. The zero-order chi connectivity index (χ0) is 15.0. The van der Waals surface area contributed by atoms with Crippen LogP contribution >= 0.6 is 34.8 Å². The molecule has 0 unspecified atom stereocenters. The molecular formula is C15H11Cl3N2O. The van der Waals surface area contributed by atoms with Gasteiger partial charge in [-0.2, -0.15) is 0 Å². The average Bonchev–Trinajstić information content (AvgIpc) is 2.85. The van der Waals surface area contributed by atoms with Crippen LogP contribution in [0.2, 0.25) is 10.0 Å². The molecule has 1 heterocycles. The Labute approximate surface area is 137 Å². The van der Waals surface area contributed by atoms with Crippen LogP contribution in [0.3, 0.4) is 0 Å². The Hall–Kier alpha value is -1.42. The zero-order valence-corrected chi connectivity index (χ0v) is 13.4. The third-order valence-electron chi connectivity index (χ3n) is 3.21. The van der Waals surface area contributed by atoms with Crippen molar-refractivity contribution in [1.82, 2.24) is 9.55 Å². The van der Waals surface area contributed by atoms with E-state index in [1.165, 1.54) is 0 Å². The van der Waals surface area contributed by atoms with E-state index in [0.717, 1.165) is 16.8 Å². The van der Waals surface area contributed by atoms with Gasteiger partial charge in [-0.25, -0.2) is 4.98 Å². The van der Waals surface area contributed by atoms with Crippen LogP contribution in [-0.4, -0.2) is 16.7 Å². The largest absolute Gasteiger partial charge is 0.497 e. The van der Waals surface area contributed by atoms with E-state index in [1.807, 2.05) is 22.8 Å². The van der Waals surface area contributed by atoms with E-state index in [2.05, 4.69) is 4.98 Å². The van der Waals surface area contributed by atoms with E-state index in [4.69, 9.17) is 39.5 Å². The van der Waals surface area contributed by atoms with E-state index >= 15 is 0 Å². The summed E-state index contributed by atoms with van der Waals surface area (Å²) in [5.74, 6) is 1.65. The monoisotopic (exact) mass is 340 g/mol. The van der Waals surface area contributed by atoms with Gasteiger partial charge in [-0.05, 0) is 24.3 Å². The number of imidazole rings is 1. The van der Waals surface area contributed by atoms with Gasteiger partial charge < -0.3 is 4.74 Å². The zero-order valence-electron chi connectivity index (χ0n) is 11.1. The first kappa shape index (κ1) is 14.5. The highest BCUT2D eigenvalue weighted by Crippen LogP contribution is 2.34. The highest BCUT2D eigenvalue weighted by molar-refractivity contribution is 6.37. The van der Waals surface area contributed by atoms with Crippen molar-refractivity contribution in [2.45, 2.75) is 5.88 Å². The number of aromatic nitrogens is 2. The fourth-order valence-corrected chi connectivity index (χ4v) is 3.02. The normalized spacial score (nSPS) is 11.0. The second-order valence-electron chi connectivity index (χ2n) is 4.42. The molecule has 0 saturated heterocycles. The molecule has 0 radical (unpaired) electrons. The van der Waals surface area contributed by atoms with Gasteiger partial charge in [-0.3, -0.25) is 4.57 Å². The number of para-hydroxylation sites is 1. The molecule has 108 valence electrons.